The first kappa shape index (κ1) is 17.2. The number of carbonyl (C=O) groups excluding carboxylic acids is 3. The van der Waals surface area contributed by atoms with Gasteiger partial charge in [0.1, 0.15) is 0 Å². The zero-order valence-electron chi connectivity index (χ0n) is 14.4. The van der Waals surface area contributed by atoms with Crippen molar-refractivity contribution in [3.63, 3.8) is 0 Å². The molecule has 4 saturated carbocycles. The lowest BCUT2D eigenvalue weighted by Crippen LogP contribution is -2.57. The zero-order valence-corrected chi connectivity index (χ0v) is 14.4. The lowest BCUT2D eigenvalue weighted by atomic mass is 9.47. The molecule has 0 aliphatic heterocycles. The van der Waals surface area contributed by atoms with E-state index in [4.69, 9.17) is 0 Å². The highest BCUT2D eigenvalue weighted by Crippen LogP contribution is 2.62. The van der Waals surface area contributed by atoms with Gasteiger partial charge in [0.05, 0.1) is 5.60 Å². The van der Waals surface area contributed by atoms with Crippen molar-refractivity contribution in [3.05, 3.63) is 0 Å². The summed E-state index contributed by atoms with van der Waals surface area (Å²) in [6.07, 6.45) is 5.79. The van der Waals surface area contributed by atoms with Crippen molar-refractivity contribution in [2.24, 2.45) is 17.3 Å². The van der Waals surface area contributed by atoms with Crippen LogP contribution in [0.4, 0.5) is 0 Å². The maximum atomic E-state index is 12.2. The first-order valence-electron chi connectivity index (χ1n) is 8.81. The lowest BCUT2D eigenvalue weighted by Gasteiger charge is -2.60. The van der Waals surface area contributed by atoms with Gasteiger partial charge in [0.25, 0.3) is 0 Å². The highest BCUT2D eigenvalue weighted by molar-refractivity contribution is 6.35. The maximum absolute atomic E-state index is 12.2. The molecule has 0 heterocycles. The van der Waals surface area contributed by atoms with Crippen LogP contribution < -0.4 is 16.2 Å². The summed E-state index contributed by atoms with van der Waals surface area (Å²) in [6.45, 7) is 3.50. The van der Waals surface area contributed by atoms with Gasteiger partial charge in [-0.15, -0.1) is 0 Å². The van der Waals surface area contributed by atoms with Gasteiger partial charge in [-0.3, -0.25) is 25.2 Å². The van der Waals surface area contributed by atoms with Crippen LogP contribution in [0.2, 0.25) is 0 Å². The Labute approximate surface area is 141 Å². The van der Waals surface area contributed by atoms with Gasteiger partial charge in [-0.05, 0) is 69.6 Å². The highest BCUT2D eigenvalue weighted by Gasteiger charge is 2.57. The Bertz CT molecular complexity index is 546. The minimum absolute atomic E-state index is 0.147. The first-order chi connectivity index (χ1) is 11.2. The monoisotopic (exact) mass is 337 g/mol. The van der Waals surface area contributed by atoms with Crippen LogP contribution in [-0.4, -0.2) is 34.5 Å². The molecule has 0 unspecified atom stereocenters. The summed E-state index contributed by atoms with van der Waals surface area (Å²) in [5.41, 5.74) is 3.74. The van der Waals surface area contributed by atoms with E-state index in [1.807, 2.05) is 0 Å². The molecule has 3 amide bonds. The molecule has 7 nitrogen and oxygen atoms in total. The molecule has 0 spiro atoms. The predicted molar refractivity (Wildman–Crippen MR) is 86.2 cm³/mol. The van der Waals surface area contributed by atoms with Gasteiger partial charge in [0, 0.05) is 12.5 Å². The van der Waals surface area contributed by atoms with Crippen molar-refractivity contribution in [2.45, 2.75) is 70.4 Å². The van der Waals surface area contributed by atoms with Gasteiger partial charge in [-0.1, -0.05) is 0 Å². The molecule has 4 N–H and O–H groups in total. The van der Waals surface area contributed by atoms with Gasteiger partial charge >= 0.3 is 11.8 Å². The molecule has 0 radical (unpaired) electrons. The van der Waals surface area contributed by atoms with Crippen molar-refractivity contribution < 1.29 is 19.5 Å². The normalized spacial score (nSPS) is 36.5. The second-order valence-corrected chi connectivity index (χ2v) is 8.49. The van der Waals surface area contributed by atoms with Crippen molar-refractivity contribution in [2.75, 3.05) is 0 Å². The van der Waals surface area contributed by atoms with Crippen molar-refractivity contribution in [1.82, 2.24) is 16.2 Å². The largest absolute Gasteiger partial charge is 0.390 e. The van der Waals surface area contributed by atoms with E-state index in [0.29, 0.717) is 18.3 Å². The summed E-state index contributed by atoms with van der Waals surface area (Å²) in [4.78, 5) is 35.4. The van der Waals surface area contributed by atoms with Gasteiger partial charge < -0.3 is 10.4 Å². The number of rotatable bonds is 3. The van der Waals surface area contributed by atoms with Crippen molar-refractivity contribution in [3.8, 4) is 0 Å². The molecule has 4 aliphatic carbocycles. The molecule has 0 aromatic carbocycles. The average molecular weight is 337 g/mol. The Morgan fingerprint density at radius 3 is 2.21 bits per heavy atom. The van der Waals surface area contributed by atoms with E-state index in [9.17, 15) is 19.5 Å². The Morgan fingerprint density at radius 1 is 1.04 bits per heavy atom. The second-order valence-electron chi connectivity index (χ2n) is 8.49. The average Bonchev–Trinajstić information content (AvgIpc) is 2.40. The summed E-state index contributed by atoms with van der Waals surface area (Å²) >= 11 is 0. The highest BCUT2D eigenvalue weighted by atomic mass is 16.3. The Morgan fingerprint density at radius 2 is 1.67 bits per heavy atom. The summed E-state index contributed by atoms with van der Waals surface area (Å²) < 4.78 is 0. The van der Waals surface area contributed by atoms with Crippen molar-refractivity contribution in [1.29, 1.82) is 0 Å². The van der Waals surface area contributed by atoms with E-state index in [0.717, 1.165) is 32.1 Å². The van der Waals surface area contributed by atoms with Crippen LogP contribution in [0.1, 0.15) is 58.8 Å². The molecule has 134 valence electrons. The predicted octanol–water partition coefficient (Wildman–Crippen LogP) is 0.380. The minimum atomic E-state index is -0.874. The Balaban J connectivity index is 1.52. The van der Waals surface area contributed by atoms with Crippen LogP contribution in [-0.2, 0) is 14.4 Å². The van der Waals surface area contributed by atoms with Gasteiger partial charge in [-0.2, -0.15) is 0 Å². The lowest BCUT2D eigenvalue weighted by molar-refractivity contribution is -0.169. The third kappa shape index (κ3) is 3.55. The molecular weight excluding hydrogens is 310 g/mol. The van der Waals surface area contributed by atoms with Crippen molar-refractivity contribution >= 4 is 17.7 Å². The summed E-state index contributed by atoms with van der Waals surface area (Å²) in [7, 11) is 0. The van der Waals surface area contributed by atoms with Crippen LogP contribution in [0.3, 0.4) is 0 Å². The third-order valence-electron chi connectivity index (χ3n) is 5.63. The van der Waals surface area contributed by atoms with Crippen LogP contribution >= 0.6 is 0 Å². The maximum Gasteiger partial charge on any atom is 0.327 e. The van der Waals surface area contributed by atoms with Gasteiger partial charge in [-0.25, -0.2) is 0 Å². The second kappa shape index (κ2) is 6.02. The number of aliphatic hydroxyl groups is 1. The third-order valence-corrected chi connectivity index (χ3v) is 5.63. The fourth-order valence-electron chi connectivity index (χ4n) is 5.50. The molecule has 4 bridgehead atoms. The molecule has 4 rings (SSSR count). The molecule has 0 aromatic heterocycles. The van der Waals surface area contributed by atoms with Gasteiger partial charge in [0.15, 0.2) is 0 Å². The van der Waals surface area contributed by atoms with Gasteiger partial charge in [0.2, 0.25) is 5.91 Å². The SMILES string of the molecule is CC(C)NC(=O)C(=O)NNC(=O)CC12C[C@@H]3C[C@H](CC(O)(C3)C1)C2. The van der Waals surface area contributed by atoms with E-state index in [-0.39, 0.29) is 23.8 Å². The molecule has 0 aromatic rings. The van der Waals surface area contributed by atoms with Crippen LogP contribution in [0.25, 0.3) is 0 Å². The van der Waals surface area contributed by atoms with Crippen LogP contribution in [0, 0.1) is 17.3 Å². The number of carbonyl (C=O) groups is 3. The van der Waals surface area contributed by atoms with Crippen LogP contribution in [0.5, 0.6) is 0 Å². The molecule has 7 heteroatoms. The Kier molecular flexibility index (Phi) is 4.32. The topological polar surface area (TPSA) is 108 Å². The van der Waals surface area contributed by atoms with Crippen LogP contribution in [0.15, 0.2) is 0 Å². The molecule has 0 saturated heterocycles. The summed E-state index contributed by atoms with van der Waals surface area (Å²) in [5, 5.41) is 13.2. The van der Waals surface area contributed by atoms with E-state index in [2.05, 4.69) is 16.2 Å². The fourth-order valence-corrected chi connectivity index (χ4v) is 5.50. The molecule has 24 heavy (non-hydrogen) atoms. The Hall–Kier alpha value is -1.63. The quantitative estimate of drug-likeness (QED) is 0.441. The molecule has 4 fully saturated rings. The zero-order chi connectivity index (χ0) is 17.5. The summed E-state index contributed by atoms with van der Waals surface area (Å²) in [5.74, 6) is -0.923. The first-order valence-corrected chi connectivity index (χ1v) is 8.81. The van der Waals surface area contributed by atoms with E-state index in [1.54, 1.807) is 13.8 Å². The number of nitrogens with one attached hydrogen (secondary N) is 3. The van der Waals surface area contributed by atoms with E-state index < -0.39 is 17.4 Å². The number of hydrogen-bond donors (Lipinski definition) is 4. The molecule has 4 aliphatic rings. The standard InChI is InChI=1S/C17H27N3O4/c1-10(2)18-14(22)15(23)20-19-13(21)8-16-4-11-3-12(5-16)7-17(24,6-11)9-16/h10-12,24H,3-9H2,1-2H3,(H,18,22)(H,19,21)(H,20,23)/t11-,12-,16?,17?/m0/s1. The molecule has 2 atom stereocenters. The molecular formula is C17H27N3O4. The van der Waals surface area contributed by atoms with E-state index >= 15 is 0 Å². The smallest absolute Gasteiger partial charge is 0.327 e. The minimum Gasteiger partial charge on any atom is -0.390 e. The fraction of sp³-hybridized carbons (Fsp3) is 0.824. The summed E-state index contributed by atoms with van der Waals surface area (Å²) in [6, 6.07) is -0.147. The number of hydrogen-bond acceptors (Lipinski definition) is 4. The van der Waals surface area contributed by atoms with E-state index in [1.165, 1.54) is 0 Å². The number of amides is 3. The number of hydrazine groups is 1.